The summed E-state index contributed by atoms with van der Waals surface area (Å²) in [6.07, 6.45) is 0.0487. The number of aliphatic carboxylic acids is 2. The molecule has 0 radical (unpaired) electrons. The Hall–Kier alpha value is -2.38. The molecule has 3 amide bonds. The molecule has 32 heavy (non-hydrogen) atoms. The van der Waals surface area contributed by atoms with Gasteiger partial charge in [-0.15, -0.1) is 0 Å². The predicted molar refractivity (Wildman–Crippen MR) is 118 cm³/mol. The van der Waals surface area contributed by atoms with E-state index in [1.54, 1.807) is 6.26 Å². The molecule has 184 valence electrons. The molecule has 0 heterocycles. The maximum atomic E-state index is 12.7. The van der Waals surface area contributed by atoms with Gasteiger partial charge in [-0.25, -0.2) is 4.79 Å². The third kappa shape index (κ3) is 11.3. The monoisotopic (exact) mass is 478 g/mol. The summed E-state index contributed by atoms with van der Waals surface area (Å²) in [6.45, 7) is 4.88. The molecule has 0 aliphatic carbocycles. The molecule has 13 heteroatoms. The summed E-state index contributed by atoms with van der Waals surface area (Å²) in [5.41, 5.74) is 5.79. The van der Waals surface area contributed by atoms with Crippen LogP contribution in [-0.2, 0) is 24.0 Å². The van der Waals surface area contributed by atoms with E-state index in [1.807, 2.05) is 13.8 Å². The zero-order valence-electron chi connectivity index (χ0n) is 18.7. The number of hydrogen-bond donors (Lipinski definition) is 7. The minimum atomic E-state index is -1.60. The van der Waals surface area contributed by atoms with Gasteiger partial charge in [-0.1, -0.05) is 13.8 Å². The van der Waals surface area contributed by atoms with Crippen molar-refractivity contribution in [3.8, 4) is 0 Å². The SMILES string of the molecule is CSCCC(NC(=O)C(CC(=O)O)NC(=O)C(N)CC(C)C)C(=O)NC(C(=O)O)C(C)O. The van der Waals surface area contributed by atoms with Crippen LogP contribution in [0, 0.1) is 5.92 Å². The Morgan fingerprint density at radius 3 is 1.88 bits per heavy atom. The zero-order chi connectivity index (χ0) is 25.0. The Morgan fingerprint density at radius 2 is 1.44 bits per heavy atom. The van der Waals surface area contributed by atoms with Gasteiger partial charge in [0.25, 0.3) is 0 Å². The maximum Gasteiger partial charge on any atom is 0.328 e. The summed E-state index contributed by atoms with van der Waals surface area (Å²) >= 11 is 1.37. The first kappa shape index (κ1) is 29.6. The molecule has 5 atom stereocenters. The lowest BCUT2D eigenvalue weighted by molar-refractivity contribution is -0.145. The number of carboxylic acids is 2. The predicted octanol–water partition coefficient (Wildman–Crippen LogP) is -1.49. The first-order valence-corrected chi connectivity index (χ1v) is 11.5. The topological polar surface area (TPSA) is 208 Å². The van der Waals surface area contributed by atoms with Gasteiger partial charge in [-0.2, -0.15) is 11.8 Å². The molecule has 8 N–H and O–H groups in total. The van der Waals surface area contributed by atoms with Crippen LogP contribution in [-0.4, -0.2) is 87.3 Å². The molecule has 0 spiro atoms. The van der Waals surface area contributed by atoms with E-state index in [1.165, 1.54) is 18.7 Å². The van der Waals surface area contributed by atoms with Crippen molar-refractivity contribution < 1.29 is 39.3 Å². The normalized spacial score (nSPS) is 15.7. The Bertz CT molecular complexity index is 674. The van der Waals surface area contributed by atoms with E-state index in [0.717, 1.165) is 0 Å². The van der Waals surface area contributed by atoms with Gasteiger partial charge >= 0.3 is 11.9 Å². The summed E-state index contributed by atoms with van der Waals surface area (Å²) in [5.74, 6) is -4.80. The van der Waals surface area contributed by atoms with Crippen molar-refractivity contribution in [3.05, 3.63) is 0 Å². The summed E-state index contributed by atoms with van der Waals surface area (Å²) in [7, 11) is 0. The van der Waals surface area contributed by atoms with Crippen LogP contribution in [0.5, 0.6) is 0 Å². The average Bonchev–Trinajstić information content (AvgIpc) is 2.66. The first-order chi connectivity index (χ1) is 14.8. The molecule has 5 unspecified atom stereocenters. The molecule has 0 fully saturated rings. The van der Waals surface area contributed by atoms with Crippen molar-refractivity contribution in [2.45, 2.75) is 70.3 Å². The van der Waals surface area contributed by atoms with E-state index in [4.69, 9.17) is 15.9 Å². The minimum absolute atomic E-state index is 0.0956. The average molecular weight is 479 g/mol. The van der Waals surface area contributed by atoms with E-state index >= 15 is 0 Å². The third-order valence-corrected chi connectivity index (χ3v) is 5.01. The number of hydrogen-bond acceptors (Lipinski definition) is 8. The molecule has 0 aromatic heterocycles. The number of nitrogens with two attached hydrogens (primary N) is 1. The Kier molecular flexibility index (Phi) is 13.5. The second-order valence-corrected chi connectivity index (χ2v) is 8.79. The van der Waals surface area contributed by atoms with Crippen LogP contribution in [0.1, 0.15) is 40.0 Å². The van der Waals surface area contributed by atoms with Crippen LogP contribution in [0.15, 0.2) is 0 Å². The van der Waals surface area contributed by atoms with Crippen LogP contribution in [0.3, 0.4) is 0 Å². The number of carbonyl (C=O) groups is 5. The Morgan fingerprint density at radius 1 is 0.906 bits per heavy atom. The highest BCUT2D eigenvalue weighted by atomic mass is 32.2. The number of aliphatic hydroxyl groups is 1. The van der Waals surface area contributed by atoms with E-state index in [-0.39, 0.29) is 12.3 Å². The van der Waals surface area contributed by atoms with Crippen molar-refractivity contribution in [2.24, 2.45) is 11.7 Å². The minimum Gasteiger partial charge on any atom is -0.481 e. The van der Waals surface area contributed by atoms with E-state index < -0.39 is 66.4 Å². The van der Waals surface area contributed by atoms with Gasteiger partial charge in [0.15, 0.2) is 6.04 Å². The molecule has 0 aromatic rings. The van der Waals surface area contributed by atoms with Crippen LogP contribution in [0.2, 0.25) is 0 Å². The third-order valence-electron chi connectivity index (χ3n) is 4.36. The van der Waals surface area contributed by atoms with Gasteiger partial charge < -0.3 is 37.0 Å². The van der Waals surface area contributed by atoms with Gasteiger partial charge in [0.05, 0.1) is 18.6 Å². The van der Waals surface area contributed by atoms with Crippen molar-refractivity contribution in [1.82, 2.24) is 16.0 Å². The van der Waals surface area contributed by atoms with Crippen molar-refractivity contribution in [1.29, 1.82) is 0 Å². The quantitative estimate of drug-likeness (QED) is 0.145. The highest BCUT2D eigenvalue weighted by Gasteiger charge is 2.32. The van der Waals surface area contributed by atoms with E-state index in [0.29, 0.717) is 12.2 Å². The lowest BCUT2D eigenvalue weighted by Crippen LogP contribution is -2.58. The molecule has 0 rings (SSSR count). The van der Waals surface area contributed by atoms with Crippen LogP contribution in [0.25, 0.3) is 0 Å². The smallest absolute Gasteiger partial charge is 0.328 e. The van der Waals surface area contributed by atoms with E-state index in [9.17, 15) is 29.1 Å². The molecule has 0 bridgehead atoms. The van der Waals surface area contributed by atoms with Gasteiger partial charge in [-0.3, -0.25) is 19.2 Å². The van der Waals surface area contributed by atoms with Crippen LogP contribution >= 0.6 is 11.8 Å². The lowest BCUT2D eigenvalue weighted by atomic mass is 10.0. The van der Waals surface area contributed by atoms with Crippen LogP contribution < -0.4 is 21.7 Å². The second-order valence-electron chi connectivity index (χ2n) is 7.80. The number of rotatable bonds is 15. The van der Waals surface area contributed by atoms with Gasteiger partial charge in [0.1, 0.15) is 12.1 Å². The molecule has 0 saturated carbocycles. The van der Waals surface area contributed by atoms with Gasteiger partial charge in [-0.05, 0) is 37.7 Å². The van der Waals surface area contributed by atoms with Crippen molar-refractivity contribution in [2.75, 3.05) is 12.0 Å². The summed E-state index contributed by atoms with van der Waals surface area (Å²) in [5, 5.41) is 34.6. The molecule has 0 aliphatic rings. The number of aliphatic hydroxyl groups excluding tert-OH is 1. The zero-order valence-corrected chi connectivity index (χ0v) is 19.5. The summed E-state index contributed by atoms with van der Waals surface area (Å²) < 4.78 is 0. The number of thioether (sulfide) groups is 1. The Balaban J connectivity index is 5.46. The standard InChI is InChI=1S/C19H34N4O8S/c1-9(2)7-11(20)16(27)22-13(8-14(25)26)18(29)21-12(5-6-32-4)17(28)23-15(10(3)24)19(30)31/h9-13,15,24H,5-8,20H2,1-4H3,(H,21,29)(H,22,27)(H,23,28)(H,25,26)(H,30,31). The number of carboxylic acid groups (broad SMARTS) is 2. The highest BCUT2D eigenvalue weighted by molar-refractivity contribution is 7.98. The van der Waals surface area contributed by atoms with Gasteiger partial charge in [0.2, 0.25) is 17.7 Å². The molecule has 0 aliphatic heterocycles. The molecule has 12 nitrogen and oxygen atoms in total. The molecular weight excluding hydrogens is 444 g/mol. The maximum absolute atomic E-state index is 12.7. The fourth-order valence-electron chi connectivity index (χ4n) is 2.70. The number of amides is 3. The molecule has 0 saturated heterocycles. The van der Waals surface area contributed by atoms with Crippen molar-refractivity contribution >= 4 is 41.4 Å². The second kappa shape index (κ2) is 14.6. The van der Waals surface area contributed by atoms with Crippen LogP contribution in [0.4, 0.5) is 0 Å². The fraction of sp³-hybridized carbons (Fsp3) is 0.737. The largest absolute Gasteiger partial charge is 0.481 e. The highest BCUT2D eigenvalue weighted by Crippen LogP contribution is 2.06. The first-order valence-electron chi connectivity index (χ1n) is 10.1. The van der Waals surface area contributed by atoms with Gasteiger partial charge in [0, 0.05) is 0 Å². The Labute approximate surface area is 191 Å². The lowest BCUT2D eigenvalue weighted by Gasteiger charge is -2.25. The number of nitrogens with one attached hydrogen (secondary N) is 3. The molecule has 0 aromatic carbocycles. The van der Waals surface area contributed by atoms with E-state index in [2.05, 4.69) is 16.0 Å². The summed E-state index contributed by atoms with van der Waals surface area (Å²) in [4.78, 5) is 60.0. The number of carbonyl (C=O) groups excluding carboxylic acids is 3. The molecular formula is C19H34N4O8S. The fourth-order valence-corrected chi connectivity index (χ4v) is 3.17. The summed E-state index contributed by atoms with van der Waals surface area (Å²) in [6, 6.07) is -5.25. The van der Waals surface area contributed by atoms with Crippen molar-refractivity contribution in [3.63, 3.8) is 0 Å².